The Morgan fingerprint density at radius 1 is 0.608 bits per heavy atom. The summed E-state index contributed by atoms with van der Waals surface area (Å²) in [5, 5.41) is 19.4. The highest BCUT2D eigenvalue weighted by atomic mass is 32.2. The number of carbonyl (C=O) groups excluding carboxylic acids is 9. The van der Waals surface area contributed by atoms with Crippen LogP contribution in [-0.2, 0) is 56.0 Å². The maximum Gasteiger partial charge on any atom is 0.248 e. The van der Waals surface area contributed by atoms with Gasteiger partial charge in [-0.2, -0.15) is 0 Å². The van der Waals surface area contributed by atoms with Gasteiger partial charge in [0.25, 0.3) is 0 Å². The van der Waals surface area contributed by atoms with Crippen LogP contribution in [0.25, 0.3) is 0 Å². The first kappa shape index (κ1) is 60.5. The molecule has 2 aliphatic rings. The second-order valence-electron chi connectivity index (χ2n) is 20.7. The van der Waals surface area contributed by atoms with Crippen LogP contribution in [0.2, 0.25) is 0 Å². The summed E-state index contributed by atoms with van der Waals surface area (Å²) in [6, 6.07) is 9.61. The molecule has 4 N–H and O–H groups in total. The zero-order chi connectivity index (χ0) is 55.0. The number of piperidine rings is 1. The molecule has 408 valence electrons. The average Bonchev–Trinajstić information content (AvgIpc) is 3.37. The summed E-state index contributed by atoms with van der Waals surface area (Å²) in [5.74, 6) is -5.93. The van der Waals surface area contributed by atoms with E-state index in [2.05, 4.69) is 16.0 Å². The van der Waals surface area contributed by atoms with E-state index in [9.17, 15) is 48.3 Å². The van der Waals surface area contributed by atoms with Gasteiger partial charge in [-0.25, -0.2) is 0 Å². The number of rotatable bonds is 10. The molecular weight excluding hydrogens is 967 g/mol. The van der Waals surface area contributed by atoms with Crippen molar-refractivity contribution in [3.63, 3.8) is 0 Å². The van der Waals surface area contributed by atoms with Gasteiger partial charge in [0, 0.05) is 66.9 Å². The largest absolute Gasteiger partial charge is 0.391 e. The quantitative estimate of drug-likeness (QED) is 0.269. The number of amides is 9. The van der Waals surface area contributed by atoms with Gasteiger partial charge in [0.15, 0.2) is 0 Å². The molecule has 20 heteroatoms. The fourth-order valence-corrected chi connectivity index (χ4v) is 10.1. The van der Waals surface area contributed by atoms with Crippen molar-refractivity contribution in [1.29, 1.82) is 0 Å². The van der Waals surface area contributed by atoms with Gasteiger partial charge in [0.05, 0.1) is 18.4 Å². The predicted molar refractivity (Wildman–Crippen MR) is 284 cm³/mol. The number of aliphatic hydroxyl groups excluding tert-OH is 1. The maximum atomic E-state index is 14.7. The molecule has 0 unspecified atom stereocenters. The Morgan fingerprint density at radius 2 is 1.12 bits per heavy atom. The van der Waals surface area contributed by atoms with E-state index in [-0.39, 0.29) is 54.9 Å². The number of hydrogen-bond donors (Lipinski definition) is 4. The van der Waals surface area contributed by atoms with Crippen molar-refractivity contribution in [3.8, 4) is 0 Å². The Kier molecular flexibility index (Phi) is 23.4. The molecule has 2 heterocycles. The van der Waals surface area contributed by atoms with Crippen LogP contribution in [0.3, 0.4) is 0 Å². The Balaban J connectivity index is 1.82. The molecule has 0 bridgehead atoms. The van der Waals surface area contributed by atoms with Crippen LogP contribution in [0, 0.1) is 11.8 Å². The number of thioether (sulfide) groups is 1. The van der Waals surface area contributed by atoms with Crippen molar-refractivity contribution in [2.24, 2.45) is 11.8 Å². The van der Waals surface area contributed by atoms with Crippen LogP contribution in [0.1, 0.15) is 84.8 Å². The van der Waals surface area contributed by atoms with Crippen molar-refractivity contribution >= 4 is 64.9 Å². The number of benzene rings is 2. The molecule has 0 spiro atoms. The second-order valence-corrected chi connectivity index (χ2v) is 21.7. The van der Waals surface area contributed by atoms with Gasteiger partial charge in [-0.3, -0.25) is 43.2 Å². The summed E-state index contributed by atoms with van der Waals surface area (Å²) >= 11 is 1.11. The first-order valence-corrected chi connectivity index (χ1v) is 26.9. The molecule has 2 aromatic carbocycles. The van der Waals surface area contributed by atoms with E-state index in [0.29, 0.717) is 18.7 Å². The Labute approximate surface area is 441 Å². The van der Waals surface area contributed by atoms with Crippen molar-refractivity contribution in [2.75, 3.05) is 66.4 Å². The third-order valence-corrected chi connectivity index (χ3v) is 14.9. The molecule has 74 heavy (non-hydrogen) atoms. The normalized spacial score (nSPS) is 25.2. The van der Waals surface area contributed by atoms with Gasteiger partial charge < -0.3 is 50.5 Å². The van der Waals surface area contributed by atoms with Gasteiger partial charge in [0.2, 0.25) is 53.2 Å². The number of hydrogen-bond acceptors (Lipinski definition) is 11. The smallest absolute Gasteiger partial charge is 0.248 e. The summed E-state index contributed by atoms with van der Waals surface area (Å²) in [7, 11) is 7.15. The molecule has 2 saturated heterocycles. The first-order chi connectivity index (χ1) is 34.9. The van der Waals surface area contributed by atoms with E-state index in [0.717, 1.165) is 41.5 Å². The fraction of sp³-hybridized carbons (Fsp3) is 0.611. The van der Waals surface area contributed by atoms with Crippen molar-refractivity contribution < 1.29 is 48.3 Å². The highest BCUT2D eigenvalue weighted by molar-refractivity contribution is 8.00. The maximum absolute atomic E-state index is 14.7. The first-order valence-electron chi connectivity index (χ1n) is 25.8. The molecule has 0 saturated carbocycles. The third-order valence-electron chi connectivity index (χ3n) is 13.9. The second kappa shape index (κ2) is 28.6. The Morgan fingerprint density at radius 3 is 1.66 bits per heavy atom. The highest BCUT2D eigenvalue weighted by Gasteiger charge is 2.40. The molecule has 0 radical (unpaired) electrons. The fourth-order valence-electron chi connectivity index (χ4n) is 9.10. The zero-order valence-electron chi connectivity index (χ0n) is 45.2. The van der Waals surface area contributed by atoms with Crippen molar-refractivity contribution in [2.45, 2.75) is 135 Å². The van der Waals surface area contributed by atoms with Gasteiger partial charge >= 0.3 is 0 Å². The standard InChI is InChI=1S/C54H81N9O10S/c1-34(2)27-42-49(68)56-41(52(71)63-25-19-14-20-26-63)32-74-33-46(66)61(10)44(30-39-23-17-13-18-24-39)53(72)59(8)36(5)48(67)55-40(29-38-21-15-12-16-22-38)51(70)62(11)43(28-35(3)4)50(69)57-47(37(6)64)54(73)58(7)31-45(65)60(42)9/h12-13,15-18,21-24,34-37,40-44,47,64H,14,19-20,25-33H2,1-11H3,(H,55,67)(H,56,68)(H,57,69)/t36-,37+,40-,41-,42-,43-,44-,47-/m0/s1. The number of likely N-dealkylation sites (N-methyl/N-ethyl adjacent to an activating group) is 5. The monoisotopic (exact) mass is 1050 g/mol. The molecular formula is C54H81N9O10S. The van der Waals surface area contributed by atoms with E-state index in [1.807, 2.05) is 58.0 Å². The number of nitrogens with one attached hydrogen (secondary N) is 3. The van der Waals surface area contributed by atoms with Crippen LogP contribution < -0.4 is 16.0 Å². The molecule has 19 nitrogen and oxygen atoms in total. The Hall–Kier alpha value is -6.02. The number of nitrogens with zero attached hydrogens (tertiary/aromatic N) is 6. The molecule has 0 aromatic heterocycles. The van der Waals surface area contributed by atoms with Crippen LogP contribution in [0.5, 0.6) is 0 Å². The van der Waals surface area contributed by atoms with Gasteiger partial charge in [-0.15, -0.1) is 11.8 Å². The molecule has 2 aromatic rings. The van der Waals surface area contributed by atoms with Gasteiger partial charge in [-0.05, 0) is 68.9 Å². The van der Waals surface area contributed by atoms with Crippen LogP contribution >= 0.6 is 11.8 Å². The lowest BCUT2D eigenvalue weighted by molar-refractivity contribution is -0.148. The summed E-state index contributed by atoms with van der Waals surface area (Å²) < 4.78 is 0. The molecule has 4 rings (SSSR count). The van der Waals surface area contributed by atoms with Gasteiger partial charge in [0.1, 0.15) is 42.3 Å². The highest BCUT2D eigenvalue weighted by Crippen LogP contribution is 2.20. The molecule has 2 fully saturated rings. The summed E-state index contributed by atoms with van der Waals surface area (Å²) in [6.07, 6.45) is 1.48. The lowest BCUT2D eigenvalue weighted by Gasteiger charge is -2.35. The number of carbonyl (C=O) groups is 9. The van der Waals surface area contributed by atoms with Crippen LogP contribution in [0.4, 0.5) is 0 Å². The summed E-state index contributed by atoms with van der Waals surface area (Å²) in [6.45, 7) is 10.7. The van der Waals surface area contributed by atoms with Crippen molar-refractivity contribution in [3.05, 3.63) is 71.8 Å². The van der Waals surface area contributed by atoms with Crippen molar-refractivity contribution in [1.82, 2.24) is 45.3 Å². The van der Waals surface area contributed by atoms with Crippen LogP contribution in [0.15, 0.2) is 60.7 Å². The zero-order valence-corrected chi connectivity index (χ0v) is 46.1. The number of likely N-dealkylation sites (tertiary alicyclic amines) is 1. The van der Waals surface area contributed by atoms with Gasteiger partial charge in [-0.1, -0.05) is 88.4 Å². The lowest BCUT2D eigenvalue weighted by Crippen LogP contribution is -2.61. The molecule has 9 amide bonds. The molecule has 2 aliphatic heterocycles. The molecule has 0 aliphatic carbocycles. The summed E-state index contributed by atoms with van der Waals surface area (Å²) in [4.78, 5) is 137. The third kappa shape index (κ3) is 17.0. The van der Waals surface area contributed by atoms with E-state index in [1.165, 1.54) is 68.7 Å². The SMILES string of the molecule is CC(C)C[C@H]1C(=O)N[C@H](C(=O)N2CCCCC2)CSCC(=O)N(C)[C@@H](Cc2ccccc2)C(=O)N(C)[C@@H](C)C(=O)N[C@@H](Cc2ccccc2)C(=O)N(C)[C@@H](CC(C)C)C(=O)N[C@@H]([C@@H](C)O)C(=O)N(C)CC(=O)N1C. The lowest BCUT2D eigenvalue weighted by atomic mass is 9.98. The minimum atomic E-state index is -1.56. The topological polar surface area (TPSA) is 229 Å². The van der Waals surface area contributed by atoms with E-state index >= 15 is 0 Å². The predicted octanol–water partition coefficient (Wildman–Crippen LogP) is 1.94. The van der Waals surface area contributed by atoms with E-state index < -0.39 is 102 Å². The molecule has 8 atom stereocenters. The summed E-state index contributed by atoms with van der Waals surface area (Å²) in [5.41, 5.74) is 1.44. The van der Waals surface area contributed by atoms with E-state index in [1.54, 1.807) is 35.2 Å². The minimum absolute atomic E-state index is 0.00731. The van der Waals surface area contributed by atoms with Crippen LogP contribution in [-0.4, -0.2) is 202 Å². The number of aliphatic hydroxyl groups is 1. The minimum Gasteiger partial charge on any atom is -0.391 e. The Bertz CT molecular complexity index is 2250. The average molecular weight is 1050 g/mol. The van der Waals surface area contributed by atoms with E-state index in [4.69, 9.17) is 0 Å².